The lowest BCUT2D eigenvalue weighted by molar-refractivity contribution is -0.117. The molecule has 0 aromatic heterocycles. The summed E-state index contributed by atoms with van der Waals surface area (Å²) in [5.74, 6) is -2.02. The van der Waals surface area contributed by atoms with E-state index in [1.54, 1.807) is 0 Å². The average Bonchev–Trinajstić information content (AvgIpc) is 2.53. The number of phenols is 1. The lowest BCUT2D eigenvalue weighted by Crippen LogP contribution is -2.29. The third kappa shape index (κ3) is 1.57. The summed E-state index contributed by atoms with van der Waals surface area (Å²) in [5, 5.41) is 9.06. The molecule has 16 heavy (non-hydrogen) atoms. The van der Waals surface area contributed by atoms with Gasteiger partial charge in [0.1, 0.15) is 11.6 Å². The van der Waals surface area contributed by atoms with E-state index in [0.717, 1.165) is 12.1 Å². The molecule has 0 spiro atoms. The molecule has 1 N–H and O–H groups in total. The van der Waals surface area contributed by atoms with Crippen molar-refractivity contribution in [3.8, 4) is 5.75 Å². The number of phenolic OH excluding ortho intramolecular Hbond substituents is 1. The molecule has 84 valence electrons. The predicted molar refractivity (Wildman–Crippen MR) is 51.9 cm³/mol. The van der Waals surface area contributed by atoms with Crippen LogP contribution < -0.4 is 4.90 Å². The Hall–Kier alpha value is -1.82. The third-order valence-corrected chi connectivity index (χ3v) is 2.31. The SMILES string of the molecule is O=C1COC(=O)N1c1cc(O)c(Cl)cc1F. The molecule has 1 heterocycles. The maximum Gasteiger partial charge on any atom is 0.421 e. The maximum atomic E-state index is 13.4. The summed E-state index contributed by atoms with van der Waals surface area (Å²) in [7, 11) is 0. The molecule has 1 aromatic rings. The molecule has 0 aliphatic carbocycles. The monoisotopic (exact) mass is 245 g/mol. The standard InChI is InChI=1S/C9H5ClFNO4/c10-4-1-5(11)6(2-7(4)13)12-8(14)3-16-9(12)15/h1-2,13H,3H2. The highest BCUT2D eigenvalue weighted by molar-refractivity contribution is 6.32. The van der Waals surface area contributed by atoms with Crippen molar-refractivity contribution in [2.45, 2.75) is 0 Å². The van der Waals surface area contributed by atoms with E-state index in [9.17, 15) is 19.1 Å². The third-order valence-electron chi connectivity index (χ3n) is 2.01. The van der Waals surface area contributed by atoms with Crippen LogP contribution in [0.2, 0.25) is 5.02 Å². The number of carbonyl (C=O) groups excluding carboxylic acids is 2. The first-order valence-electron chi connectivity index (χ1n) is 4.18. The minimum absolute atomic E-state index is 0.207. The lowest BCUT2D eigenvalue weighted by atomic mass is 10.2. The quantitative estimate of drug-likeness (QED) is 0.817. The highest BCUT2D eigenvalue weighted by Crippen LogP contribution is 2.32. The normalized spacial score (nSPS) is 15.5. The van der Waals surface area contributed by atoms with Gasteiger partial charge in [-0.15, -0.1) is 0 Å². The number of amides is 2. The second-order valence-electron chi connectivity index (χ2n) is 3.04. The van der Waals surface area contributed by atoms with Gasteiger partial charge in [-0.3, -0.25) is 4.79 Å². The Morgan fingerprint density at radius 1 is 1.44 bits per heavy atom. The van der Waals surface area contributed by atoms with Crippen LogP contribution in [0.1, 0.15) is 0 Å². The molecule has 1 fully saturated rings. The van der Waals surface area contributed by atoms with Gasteiger partial charge < -0.3 is 9.84 Å². The number of nitrogens with zero attached hydrogens (tertiary/aromatic N) is 1. The lowest BCUT2D eigenvalue weighted by Gasteiger charge is -2.12. The minimum Gasteiger partial charge on any atom is -0.506 e. The van der Waals surface area contributed by atoms with Crippen LogP contribution >= 0.6 is 11.6 Å². The van der Waals surface area contributed by atoms with Crippen LogP contribution in [-0.4, -0.2) is 23.7 Å². The van der Waals surface area contributed by atoms with Crippen molar-refractivity contribution < 1.29 is 23.8 Å². The molecule has 1 aromatic carbocycles. The Bertz CT molecular complexity index is 475. The smallest absolute Gasteiger partial charge is 0.421 e. The number of benzene rings is 1. The first kappa shape index (κ1) is 10.7. The van der Waals surface area contributed by atoms with Gasteiger partial charge in [0.2, 0.25) is 0 Å². The van der Waals surface area contributed by atoms with Crippen molar-refractivity contribution in [3.63, 3.8) is 0 Å². The summed E-state index contributed by atoms with van der Waals surface area (Å²) >= 11 is 5.46. The summed E-state index contributed by atoms with van der Waals surface area (Å²) < 4.78 is 17.8. The Balaban J connectivity index is 2.51. The van der Waals surface area contributed by atoms with Crippen LogP contribution in [0.5, 0.6) is 5.75 Å². The fourth-order valence-corrected chi connectivity index (χ4v) is 1.44. The Morgan fingerprint density at radius 2 is 2.12 bits per heavy atom. The summed E-state index contributed by atoms with van der Waals surface area (Å²) in [5.41, 5.74) is -0.380. The molecule has 1 aliphatic heterocycles. The van der Waals surface area contributed by atoms with E-state index >= 15 is 0 Å². The topological polar surface area (TPSA) is 66.8 Å². The average molecular weight is 246 g/mol. The number of cyclic esters (lactones) is 1. The van der Waals surface area contributed by atoms with Crippen molar-refractivity contribution in [1.82, 2.24) is 0 Å². The molecule has 1 saturated heterocycles. The van der Waals surface area contributed by atoms with Crippen LogP contribution in [0.4, 0.5) is 14.9 Å². The molecule has 2 rings (SSSR count). The van der Waals surface area contributed by atoms with Crippen molar-refractivity contribution >= 4 is 29.3 Å². The van der Waals surface area contributed by atoms with E-state index in [1.165, 1.54) is 0 Å². The van der Waals surface area contributed by atoms with Crippen LogP contribution in [0.3, 0.4) is 0 Å². The molecule has 0 unspecified atom stereocenters. The number of aromatic hydroxyl groups is 1. The molecular formula is C9H5ClFNO4. The van der Waals surface area contributed by atoms with E-state index in [1.807, 2.05) is 0 Å². The first-order chi connectivity index (χ1) is 7.50. The van der Waals surface area contributed by atoms with Crippen LogP contribution in [0.15, 0.2) is 12.1 Å². The minimum atomic E-state index is -0.981. The number of halogens is 2. The van der Waals surface area contributed by atoms with Crippen molar-refractivity contribution in [1.29, 1.82) is 0 Å². The van der Waals surface area contributed by atoms with E-state index in [2.05, 4.69) is 4.74 Å². The molecule has 0 atom stereocenters. The molecule has 1 aliphatic rings. The van der Waals surface area contributed by atoms with Gasteiger partial charge in [0.25, 0.3) is 5.91 Å². The molecular weight excluding hydrogens is 241 g/mol. The zero-order valence-electron chi connectivity index (χ0n) is 7.74. The predicted octanol–water partition coefficient (Wildman–Crippen LogP) is 1.67. The summed E-state index contributed by atoms with van der Waals surface area (Å²) in [4.78, 5) is 22.9. The van der Waals surface area contributed by atoms with E-state index in [4.69, 9.17) is 11.6 Å². The van der Waals surface area contributed by atoms with Crippen LogP contribution in [0, 0.1) is 5.82 Å². The zero-order chi connectivity index (χ0) is 11.9. The number of hydrogen-bond donors (Lipinski definition) is 1. The molecule has 2 amide bonds. The summed E-state index contributed by atoms with van der Waals surface area (Å²) in [6, 6.07) is 1.70. The second-order valence-corrected chi connectivity index (χ2v) is 3.45. The number of ether oxygens (including phenoxy) is 1. The molecule has 0 bridgehead atoms. The van der Waals surface area contributed by atoms with Gasteiger partial charge in [-0.05, 0) is 6.07 Å². The second kappa shape index (κ2) is 3.64. The maximum absolute atomic E-state index is 13.4. The van der Waals surface area contributed by atoms with Crippen molar-refractivity contribution in [2.24, 2.45) is 0 Å². The van der Waals surface area contributed by atoms with Gasteiger partial charge in [-0.2, -0.15) is 0 Å². The number of anilines is 1. The van der Waals surface area contributed by atoms with E-state index in [-0.39, 0.29) is 10.7 Å². The number of imide groups is 1. The first-order valence-corrected chi connectivity index (χ1v) is 4.56. The van der Waals surface area contributed by atoms with Gasteiger partial charge in [0.05, 0.1) is 10.7 Å². The van der Waals surface area contributed by atoms with Crippen LogP contribution in [0.25, 0.3) is 0 Å². The largest absolute Gasteiger partial charge is 0.506 e. The highest BCUT2D eigenvalue weighted by Gasteiger charge is 2.34. The number of carbonyl (C=O) groups is 2. The van der Waals surface area contributed by atoms with E-state index in [0.29, 0.717) is 4.90 Å². The van der Waals surface area contributed by atoms with Gasteiger partial charge in [0, 0.05) is 6.07 Å². The van der Waals surface area contributed by atoms with E-state index < -0.39 is 30.2 Å². The molecule has 0 saturated carbocycles. The fraction of sp³-hybridized carbons (Fsp3) is 0.111. The van der Waals surface area contributed by atoms with Crippen molar-refractivity contribution in [3.05, 3.63) is 23.0 Å². The fourth-order valence-electron chi connectivity index (χ4n) is 1.28. The summed E-state index contributed by atoms with van der Waals surface area (Å²) in [6.45, 7) is -0.443. The Kier molecular flexibility index (Phi) is 2.43. The van der Waals surface area contributed by atoms with Gasteiger partial charge in [0.15, 0.2) is 6.61 Å². The number of hydrogen-bond acceptors (Lipinski definition) is 4. The zero-order valence-corrected chi connectivity index (χ0v) is 8.49. The Labute approximate surface area is 94.0 Å². The van der Waals surface area contributed by atoms with Crippen molar-refractivity contribution in [2.75, 3.05) is 11.5 Å². The van der Waals surface area contributed by atoms with Crippen LogP contribution in [-0.2, 0) is 9.53 Å². The highest BCUT2D eigenvalue weighted by atomic mass is 35.5. The molecule has 5 nitrogen and oxygen atoms in total. The van der Waals surface area contributed by atoms with Gasteiger partial charge in [-0.25, -0.2) is 14.1 Å². The Morgan fingerprint density at radius 3 is 2.69 bits per heavy atom. The molecule has 0 radical (unpaired) electrons. The molecule has 7 heteroatoms. The number of rotatable bonds is 1. The van der Waals surface area contributed by atoms with Gasteiger partial charge >= 0.3 is 6.09 Å². The van der Waals surface area contributed by atoms with Gasteiger partial charge in [-0.1, -0.05) is 11.6 Å². The summed E-state index contributed by atoms with van der Waals surface area (Å²) in [6.07, 6.45) is -0.981.